The van der Waals surface area contributed by atoms with Gasteiger partial charge >= 0.3 is 7.12 Å². The molecule has 1 aliphatic carbocycles. The standard InChI is InChI=1S/C26H23BO2/c1-25(2)26(3,4)29-27(28-25)17-13-12-16-14-23-19-9-6-5-8-18(19)20-10-7-11-21(24(20)23)22(16)15-17/h5-15H,1-4H3. The third-order valence-corrected chi connectivity index (χ3v) is 7.03. The molecule has 0 N–H and O–H groups in total. The smallest absolute Gasteiger partial charge is 0.399 e. The van der Waals surface area contributed by atoms with Gasteiger partial charge in [-0.2, -0.15) is 0 Å². The number of hydrogen-bond donors (Lipinski definition) is 0. The van der Waals surface area contributed by atoms with Crippen molar-refractivity contribution in [2.24, 2.45) is 0 Å². The fraction of sp³-hybridized carbons (Fsp3) is 0.231. The van der Waals surface area contributed by atoms with Gasteiger partial charge in [0.05, 0.1) is 11.2 Å². The van der Waals surface area contributed by atoms with E-state index in [1.165, 1.54) is 43.8 Å². The van der Waals surface area contributed by atoms with Crippen LogP contribution in [0.5, 0.6) is 0 Å². The molecule has 1 aliphatic heterocycles. The van der Waals surface area contributed by atoms with E-state index in [9.17, 15) is 0 Å². The van der Waals surface area contributed by atoms with E-state index < -0.39 is 0 Å². The van der Waals surface area contributed by atoms with Crippen molar-refractivity contribution in [1.82, 2.24) is 0 Å². The normalized spacial score (nSPS) is 18.6. The molecule has 0 unspecified atom stereocenters. The van der Waals surface area contributed by atoms with Crippen molar-refractivity contribution >= 4 is 34.1 Å². The predicted molar refractivity (Wildman–Crippen MR) is 122 cm³/mol. The molecule has 0 aromatic heterocycles. The second-order valence-electron chi connectivity index (χ2n) is 9.27. The maximum Gasteiger partial charge on any atom is 0.494 e. The van der Waals surface area contributed by atoms with E-state index in [1.807, 2.05) is 0 Å². The molecule has 3 heteroatoms. The minimum Gasteiger partial charge on any atom is -0.399 e. The van der Waals surface area contributed by atoms with Crippen LogP contribution < -0.4 is 5.46 Å². The summed E-state index contributed by atoms with van der Waals surface area (Å²) in [5.74, 6) is 0. The van der Waals surface area contributed by atoms with Crippen LogP contribution in [-0.4, -0.2) is 18.3 Å². The topological polar surface area (TPSA) is 18.5 Å². The van der Waals surface area contributed by atoms with Gasteiger partial charge in [-0.15, -0.1) is 0 Å². The monoisotopic (exact) mass is 378 g/mol. The van der Waals surface area contributed by atoms with Crippen LogP contribution in [0.25, 0.3) is 43.8 Å². The average Bonchev–Trinajstić information content (AvgIpc) is 3.13. The number of rotatable bonds is 1. The van der Waals surface area contributed by atoms with Gasteiger partial charge in [0.15, 0.2) is 0 Å². The Morgan fingerprint density at radius 3 is 2.00 bits per heavy atom. The number of hydrogen-bond acceptors (Lipinski definition) is 2. The van der Waals surface area contributed by atoms with E-state index in [-0.39, 0.29) is 18.3 Å². The van der Waals surface area contributed by atoms with Gasteiger partial charge in [-0.3, -0.25) is 0 Å². The average molecular weight is 378 g/mol. The van der Waals surface area contributed by atoms with Crippen LogP contribution in [-0.2, 0) is 9.31 Å². The third kappa shape index (κ3) is 2.26. The van der Waals surface area contributed by atoms with Crippen LogP contribution in [0.15, 0.2) is 66.7 Å². The highest BCUT2D eigenvalue weighted by Gasteiger charge is 2.51. The van der Waals surface area contributed by atoms with Crippen LogP contribution in [0, 0.1) is 0 Å². The first-order valence-corrected chi connectivity index (χ1v) is 10.3. The van der Waals surface area contributed by atoms with Gasteiger partial charge < -0.3 is 9.31 Å². The second-order valence-corrected chi connectivity index (χ2v) is 9.27. The van der Waals surface area contributed by atoms with Crippen molar-refractivity contribution in [3.63, 3.8) is 0 Å². The summed E-state index contributed by atoms with van der Waals surface area (Å²) in [4.78, 5) is 0. The summed E-state index contributed by atoms with van der Waals surface area (Å²) < 4.78 is 12.6. The maximum atomic E-state index is 6.30. The molecule has 1 saturated heterocycles. The van der Waals surface area contributed by atoms with E-state index in [1.54, 1.807) is 0 Å². The van der Waals surface area contributed by atoms with Crippen LogP contribution in [0.4, 0.5) is 0 Å². The summed E-state index contributed by atoms with van der Waals surface area (Å²) in [6, 6.07) is 24.3. The third-order valence-electron chi connectivity index (χ3n) is 7.03. The number of fused-ring (bicyclic) bond motifs is 5. The van der Waals surface area contributed by atoms with Crippen molar-refractivity contribution < 1.29 is 9.31 Å². The van der Waals surface area contributed by atoms with E-state index in [0.29, 0.717) is 0 Å². The Hall–Kier alpha value is -2.62. The van der Waals surface area contributed by atoms with Gasteiger partial charge in [0.2, 0.25) is 0 Å². The molecule has 2 aliphatic rings. The lowest BCUT2D eigenvalue weighted by Gasteiger charge is -2.32. The summed E-state index contributed by atoms with van der Waals surface area (Å²) >= 11 is 0. The Bertz CT molecular complexity index is 1300. The zero-order chi connectivity index (χ0) is 20.0. The molecule has 0 amide bonds. The van der Waals surface area contributed by atoms with Crippen LogP contribution >= 0.6 is 0 Å². The summed E-state index contributed by atoms with van der Waals surface area (Å²) in [5.41, 5.74) is 5.72. The van der Waals surface area contributed by atoms with E-state index in [4.69, 9.17) is 9.31 Å². The molecule has 4 aromatic rings. The fourth-order valence-corrected chi connectivity index (χ4v) is 4.74. The molecule has 142 valence electrons. The van der Waals surface area contributed by atoms with Crippen molar-refractivity contribution in [1.29, 1.82) is 0 Å². The molecule has 0 bridgehead atoms. The molecular formula is C26H23BO2. The number of benzene rings is 4. The molecule has 29 heavy (non-hydrogen) atoms. The van der Waals surface area contributed by atoms with E-state index >= 15 is 0 Å². The largest absolute Gasteiger partial charge is 0.494 e. The molecule has 0 spiro atoms. The van der Waals surface area contributed by atoms with Crippen molar-refractivity contribution in [2.45, 2.75) is 38.9 Å². The summed E-state index contributed by atoms with van der Waals surface area (Å²) in [6.45, 7) is 8.40. The maximum absolute atomic E-state index is 6.30. The van der Waals surface area contributed by atoms with Gasteiger partial charge in [0.25, 0.3) is 0 Å². The first-order valence-electron chi connectivity index (χ1n) is 10.3. The lowest BCUT2D eigenvalue weighted by atomic mass is 9.77. The first-order chi connectivity index (χ1) is 13.9. The molecule has 6 rings (SSSR count). The molecular weight excluding hydrogens is 355 g/mol. The molecule has 0 atom stereocenters. The lowest BCUT2D eigenvalue weighted by Crippen LogP contribution is -2.41. The minimum absolute atomic E-state index is 0.337. The molecule has 0 radical (unpaired) electrons. The first kappa shape index (κ1) is 17.3. The van der Waals surface area contributed by atoms with Crippen molar-refractivity contribution in [3.8, 4) is 22.3 Å². The predicted octanol–water partition coefficient (Wildman–Crippen LogP) is 5.94. The van der Waals surface area contributed by atoms with Gasteiger partial charge in [-0.05, 0) is 83.0 Å². The molecule has 2 nitrogen and oxygen atoms in total. The summed E-state index contributed by atoms with van der Waals surface area (Å²) in [6.07, 6.45) is 0. The molecule has 1 heterocycles. The SMILES string of the molecule is CC1(C)OB(c2ccc3cc4c5c(cccc5c3c2)-c2ccccc2-4)OC1(C)C. The molecule has 0 saturated carbocycles. The van der Waals surface area contributed by atoms with E-state index in [2.05, 4.69) is 94.4 Å². The Morgan fingerprint density at radius 2 is 1.28 bits per heavy atom. The molecule has 1 fully saturated rings. The molecule has 4 aromatic carbocycles. The van der Waals surface area contributed by atoms with E-state index in [0.717, 1.165) is 5.46 Å². The highest BCUT2D eigenvalue weighted by molar-refractivity contribution is 6.62. The van der Waals surface area contributed by atoms with Crippen LogP contribution in [0.3, 0.4) is 0 Å². The second kappa shape index (κ2) is 5.50. The Balaban J connectivity index is 1.58. The summed E-state index contributed by atoms with van der Waals surface area (Å²) in [7, 11) is -0.343. The summed E-state index contributed by atoms with van der Waals surface area (Å²) in [5, 5.41) is 5.16. The van der Waals surface area contributed by atoms with Crippen LogP contribution in [0.1, 0.15) is 27.7 Å². The van der Waals surface area contributed by atoms with Crippen molar-refractivity contribution in [2.75, 3.05) is 0 Å². The van der Waals surface area contributed by atoms with Crippen molar-refractivity contribution in [3.05, 3.63) is 66.7 Å². The van der Waals surface area contributed by atoms with Gasteiger partial charge in [-0.1, -0.05) is 60.7 Å². The minimum atomic E-state index is -0.343. The van der Waals surface area contributed by atoms with Crippen LogP contribution in [0.2, 0.25) is 0 Å². The Morgan fingerprint density at radius 1 is 0.621 bits per heavy atom. The fourth-order valence-electron chi connectivity index (χ4n) is 4.74. The van der Waals surface area contributed by atoms with Gasteiger partial charge in [-0.25, -0.2) is 0 Å². The highest BCUT2D eigenvalue weighted by atomic mass is 16.7. The Kier molecular flexibility index (Phi) is 3.27. The van der Waals surface area contributed by atoms with Gasteiger partial charge in [0, 0.05) is 0 Å². The zero-order valence-electron chi connectivity index (χ0n) is 17.2. The zero-order valence-corrected chi connectivity index (χ0v) is 17.2. The highest BCUT2D eigenvalue weighted by Crippen LogP contribution is 2.49. The lowest BCUT2D eigenvalue weighted by molar-refractivity contribution is 0.00578. The Labute approximate surface area is 171 Å². The quantitative estimate of drug-likeness (QED) is 0.266. The van der Waals surface area contributed by atoms with Gasteiger partial charge in [0.1, 0.15) is 0 Å².